The van der Waals surface area contributed by atoms with E-state index in [4.69, 9.17) is 4.74 Å². The third-order valence-electron chi connectivity index (χ3n) is 4.47. The Labute approximate surface area is 128 Å². The normalized spacial score (nSPS) is 23.2. The highest BCUT2D eigenvalue weighted by atomic mass is 16.5. The number of benzene rings is 1. The van der Waals surface area contributed by atoms with Crippen molar-refractivity contribution >= 4 is 5.91 Å². The number of fused-ring (bicyclic) bond motifs is 3. The summed E-state index contributed by atoms with van der Waals surface area (Å²) in [5, 5.41) is 8.08. The Hall–Kier alpha value is -2.21. The van der Waals surface area contributed by atoms with Crippen LogP contribution in [0.5, 0.6) is 0 Å². The summed E-state index contributed by atoms with van der Waals surface area (Å²) in [6.45, 7) is 1.84. The third kappa shape index (κ3) is 2.39. The van der Waals surface area contributed by atoms with E-state index in [2.05, 4.69) is 22.4 Å². The molecule has 0 spiro atoms. The van der Waals surface area contributed by atoms with Gasteiger partial charge in [0.05, 0.1) is 30.6 Å². The molecule has 1 aromatic carbocycles. The van der Waals surface area contributed by atoms with E-state index in [9.17, 15) is 4.79 Å². The lowest BCUT2D eigenvalue weighted by Crippen LogP contribution is -2.32. The Bertz CT molecular complexity index is 670. The molecule has 1 aromatic heterocycles. The van der Waals surface area contributed by atoms with Gasteiger partial charge < -0.3 is 9.64 Å². The van der Waals surface area contributed by atoms with Crippen LogP contribution in [0.4, 0.5) is 0 Å². The quantitative estimate of drug-likeness (QED) is 0.854. The van der Waals surface area contributed by atoms with Gasteiger partial charge in [-0.3, -0.25) is 4.79 Å². The van der Waals surface area contributed by atoms with Crippen molar-refractivity contribution < 1.29 is 9.53 Å². The topological polar surface area (TPSA) is 60.3 Å². The predicted molar refractivity (Wildman–Crippen MR) is 79.0 cm³/mol. The number of carbonyl (C=O) groups excluding carboxylic acids is 1. The lowest BCUT2D eigenvalue weighted by Gasteiger charge is -2.25. The van der Waals surface area contributed by atoms with Crippen molar-refractivity contribution in [3.8, 4) is 0 Å². The van der Waals surface area contributed by atoms with E-state index in [1.165, 1.54) is 5.56 Å². The molecule has 0 bridgehead atoms. The molecule has 0 unspecified atom stereocenters. The van der Waals surface area contributed by atoms with Crippen LogP contribution in [0, 0.1) is 0 Å². The van der Waals surface area contributed by atoms with Gasteiger partial charge in [0, 0.05) is 19.5 Å². The van der Waals surface area contributed by atoms with E-state index < -0.39 is 0 Å². The smallest absolute Gasteiger partial charge is 0.223 e. The average Bonchev–Trinajstić information content (AvgIpc) is 3.19. The number of carbonyl (C=O) groups is 1. The fourth-order valence-electron chi connectivity index (χ4n) is 3.25. The zero-order valence-corrected chi connectivity index (χ0v) is 12.3. The Morgan fingerprint density at radius 2 is 2.14 bits per heavy atom. The average molecular weight is 298 g/mol. The zero-order chi connectivity index (χ0) is 14.9. The van der Waals surface area contributed by atoms with E-state index in [0.717, 1.165) is 12.1 Å². The van der Waals surface area contributed by atoms with Gasteiger partial charge in [-0.25, -0.2) is 4.68 Å². The number of hydrogen-bond acceptors (Lipinski definition) is 4. The maximum Gasteiger partial charge on any atom is 0.223 e. The van der Waals surface area contributed by atoms with Crippen LogP contribution in [0.2, 0.25) is 0 Å². The summed E-state index contributed by atoms with van der Waals surface area (Å²) >= 11 is 0. The maximum atomic E-state index is 12.4. The molecule has 2 aliphatic heterocycles. The molecule has 114 valence electrons. The molecule has 1 amide bonds. The lowest BCUT2D eigenvalue weighted by atomic mass is 10.1. The standard InChI is InChI=1S/C16H18N4O2/c21-16(7-6-12-4-2-1-3-5-12)19-9-14-15(10-19)22-11-13-8-17-18-20(13)14/h1-5,8,14-15H,6-7,9-11H2/t14-,15-/m0/s1. The number of rotatable bonds is 3. The van der Waals surface area contributed by atoms with Gasteiger partial charge in [0.25, 0.3) is 0 Å². The number of nitrogens with zero attached hydrogens (tertiary/aromatic N) is 4. The molecule has 1 fully saturated rings. The summed E-state index contributed by atoms with van der Waals surface area (Å²) in [6.07, 6.45) is 3.08. The summed E-state index contributed by atoms with van der Waals surface area (Å²) in [6, 6.07) is 10.2. The van der Waals surface area contributed by atoms with Crippen molar-refractivity contribution in [3.63, 3.8) is 0 Å². The van der Waals surface area contributed by atoms with Crippen molar-refractivity contribution in [1.29, 1.82) is 0 Å². The largest absolute Gasteiger partial charge is 0.368 e. The summed E-state index contributed by atoms with van der Waals surface area (Å²) < 4.78 is 7.75. The minimum Gasteiger partial charge on any atom is -0.368 e. The number of ether oxygens (including phenoxy) is 1. The van der Waals surface area contributed by atoms with Crippen LogP contribution in [0.15, 0.2) is 36.5 Å². The van der Waals surface area contributed by atoms with Crippen LogP contribution in [-0.4, -0.2) is 45.0 Å². The molecular weight excluding hydrogens is 280 g/mol. The number of likely N-dealkylation sites (tertiary alicyclic amines) is 1. The second-order valence-electron chi connectivity index (χ2n) is 5.87. The monoisotopic (exact) mass is 298 g/mol. The van der Waals surface area contributed by atoms with Gasteiger partial charge in [0.2, 0.25) is 5.91 Å². The first kappa shape index (κ1) is 13.5. The van der Waals surface area contributed by atoms with Gasteiger partial charge in [-0.1, -0.05) is 35.5 Å². The first-order valence-electron chi connectivity index (χ1n) is 7.63. The fraction of sp³-hybridized carbons (Fsp3) is 0.438. The number of amides is 1. The van der Waals surface area contributed by atoms with Gasteiger partial charge in [0.1, 0.15) is 0 Å². The van der Waals surface area contributed by atoms with E-state index in [0.29, 0.717) is 26.1 Å². The molecule has 2 aliphatic rings. The molecule has 4 rings (SSSR count). The highest BCUT2D eigenvalue weighted by molar-refractivity contribution is 5.77. The lowest BCUT2D eigenvalue weighted by molar-refractivity contribution is -0.130. The Morgan fingerprint density at radius 3 is 3.00 bits per heavy atom. The molecule has 2 atom stereocenters. The molecule has 0 radical (unpaired) electrons. The number of aryl methyl sites for hydroxylation is 1. The molecule has 6 heteroatoms. The molecule has 0 aliphatic carbocycles. The second-order valence-corrected chi connectivity index (χ2v) is 5.87. The third-order valence-corrected chi connectivity index (χ3v) is 4.47. The summed E-state index contributed by atoms with van der Waals surface area (Å²) in [5.74, 6) is 0.184. The van der Waals surface area contributed by atoms with Crippen LogP contribution in [0.3, 0.4) is 0 Å². The predicted octanol–water partition coefficient (Wildman–Crippen LogP) is 1.19. The Kier molecular flexibility index (Phi) is 3.38. The Morgan fingerprint density at radius 1 is 1.27 bits per heavy atom. The molecule has 6 nitrogen and oxygen atoms in total. The van der Waals surface area contributed by atoms with Crippen LogP contribution < -0.4 is 0 Å². The minimum absolute atomic E-state index is 0.0369. The maximum absolute atomic E-state index is 12.4. The molecule has 3 heterocycles. The van der Waals surface area contributed by atoms with Crippen molar-refractivity contribution in [3.05, 3.63) is 47.8 Å². The highest BCUT2D eigenvalue weighted by Crippen LogP contribution is 2.30. The molecule has 22 heavy (non-hydrogen) atoms. The van der Waals surface area contributed by atoms with Crippen molar-refractivity contribution in [2.75, 3.05) is 13.1 Å². The van der Waals surface area contributed by atoms with E-state index in [1.807, 2.05) is 27.8 Å². The summed E-state index contributed by atoms with van der Waals surface area (Å²) in [7, 11) is 0. The van der Waals surface area contributed by atoms with E-state index in [1.54, 1.807) is 6.20 Å². The van der Waals surface area contributed by atoms with Gasteiger partial charge in [-0.15, -0.1) is 5.10 Å². The van der Waals surface area contributed by atoms with Crippen LogP contribution in [-0.2, 0) is 22.6 Å². The van der Waals surface area contributed by atoms with E-state index >= 15 is 0 Å². The number of hydrogen-bond donors (Lipinski definition) is 0. The second kappa shape index (κ2) is 5.53. The molecule has 1 saturated heterocycles. The van der Waals surface area contributed by atoms with Crippen molar-refractivity contribution in [2.45, 2.75) is 31.6 Å². The van der Waals surface area contributed by atoms with Gasteiger partial charge in [-0.05, 0) is 12.0 Å². The first-order chi connectivity index (χ1) is 10.8. The van der Waals surface area contributed by atoms with Crippen LogP contribution in [0.25, 0.3) is 0 Å². The zero-order valence-electron chi connectivity index (χ0n) is 12.3. The first-order valence-corrected chi connectivity index (χ1v) is 7.63. The van der Waals surface area contributed by atoms with Crippen LogP contribution >= 0.6 is 0 Å². The molecule has 2 aromatic rings. The van der Waals surface area contributed by atoms with Crippen molar-refractivity contribution in [1.82, 2.24) is 19.9 Å². The SMILES string of the molecule is O=C(CCc1ccccc1)N1C[C@@H]2OCc3cnnn3[C@H]2C1. The summed E-state index contributed by atoms with van der Waals surface area (Å²) in [5.41, 5.74) is 2.18. The Balaban J connectivity index is 1.40. The van der Waals surface area contributed by atoms with Gasteiger partial charge in [0.15, 0.2) is 0 Å². The molecular formula is C16H18N4O2. The minimum atomic E-state index is 0.0369. The van der Waals surface area contributed by atoms with Crippen molar-refractivity contribution in [2.24, 2.45) is 0 Å². The van der Waals surface area contributed by atoms with Crippen LogP contribution in [0.1, 0.15) is 23.7 Å². The van der Waals surface area contributed by atoms with Gasteiger partial charge in [-0.2, -0.15) is 0 Å². The summed E-state index contributed by atoms with van der Waals surface area (Å²) in [4.78, 5) is 14.3. The molecule has 0 saturated carbocycles. The number of aromatic nitrogens is 3. The van der Waals surface area contributed by atoms with Gasteiger partial charge >= 0.3 is 0 Å². The highest BCUT2D eigenvalue weighted by Gasteiger charge is 2.40. The fourth-order valence-corrected chi connectivity index (χ4v) is 3.25. The molecule has 0 N–H and O–H groups in total. The van der Waals surface area contributed by atoms with E-state index in [-0.39, 0.29) is 18.1 Å².